The van der Waals surface area contributed by atoms with Gasteiger partial charge in [-0.1, -0.05) is 25.1 Å². The second-order valence-corrected chi connectivity index (χ2v) is 9.83. The van der Waals surface area contributed by atoms with E-state index in [1.807, 2.05) is 49.4 Å². The van der Waals surface area contributed by atoms with E-state index in [0.29, 0.717) is 39.5 Å². The summed E-state index contributed by atoms with van der Waals surface area (Å²) in [6, 6.07) is 18.3. The lowest BCUT2D eigenvalue weighted by atomic mass is 10.2. The molecule has 9 heteroatoms. The topological polar surface area (TPSA) is 88.1 Å². The van der Waals surface area contributed by atoms with Gasteiger partial charge < -0.3 is 18.6 Å². The maximum atomic E-state index is 13.6. The third-order valence-corrected chi connectivity index (χ3v) is 6.98. The number of aromatic nitrogens is 2. The van der Waals surface area contributed by atoms with Gasteiger partial charge in [0.25, 0.3) is 5.56 Å². The first-order valence-corrected chi connectivity index (χ1v) is 13.2. The molecule has 0 unspecified atom stereocenters. The Kier molecular flexibility index (Phi) is 7.37. The van der Waals surface area contributed by atoms with Gasteiger partial charge in [-0.05, 0) is 84.0 Å². The SMILES string of the molecule is CC[C@H](C)Oc1c(I)cc(C=Nn2c(-c3cc4c(OC)cccc4o3)nc3ccccc3c2=O)cc1OC. The summed E-state index contributed by atoms with van der Waals surface area (Å²) >= 11 is 2.21. The van der Waals surface area contributed by atoms with Crippen LogP contribution in [0.1, 0.15) is 25.8 Å². The van der Waals surface area contributed by atoms with Gasteiger partial charge in [-0.15, -0.1) is 0 Å². The lowest BCUT2D eigenvalue weighted by Gasteiger charge is -2.17. The summed E-state index contributed by atoms with van der Waals surface area (Å²) in [5, 5.41) is 5.79. The molecule has 0 aliphatic heterocycles. The summed E-state index contributed by atoms with van der Waals surface area (Å²) < 4.78 is 25.4. The van der Waals surface area contributed by atoms with Gasteiger partial charge in [0.15, 0.2) is 17.3 Å². The number of benzene rings is 3. The highest BCUT2D eigenvalue weighted by atomic mass is 127. The summed E-state index contributed by atoms with van der Waals surface area (Å²) in [6.45, 7) is 4.08. The van der Waals surface area contributed by atoms with E-state index in [1.54, 1.807) is 38.6 Å². The Morgan fingerprint density at radius 1 is 1.05 bits per heavy atom. The third-order valence-electron chi connectivity index (χ3n) is 6.18. The van der Waals surface area contributed by atoms with Crippen LogP contribution >= 0.6 is 22.6 Å². The fourth-order valence-corrected chi connectivity index (χ4v) is 4.80. The van der Waals surface area contributed by atoms with Crippen molar-refractivity contribution in [3.63, 3.8) is 0 Å². The lowest BCUT2D eigenvalue weighted by Crippen LogP contribution is -2.20. The number of hydrogen-bond donors (Lipinski definition) is 0. The van der Waals surface area contributed by atoms with Crippen molar-refractivity contribution < 1.29 is 18.6 Å². The Bertz CT molecular complexity index is 1720. The summed E-state index contributed by atoms with van der Waals surface area (Å²) in [7, 11) is 3.20. The minimum atomic E-state index is -0.312. The average Bonchev–Trinajstić information content (AvgIpc) is 3.38. The highest BCUT2D eigenvalue weighted by Crippen LogP contribution is 2.35. The molecule has 0 bridgehead atoms. The van der Waals surface area contributed by atoms with Gasteiger partial charge in [0.05, 0.1) is 46.4 Å². The average molecular weight is 623 g/mol. The molecule has 0 spiro atoms. The third kappa shape index (κ3) is 4.85. The summed E-state index contributed by atoms with van der Waals surface area (Å²) in [5.41, 5.74) is 1.59. The van der Waals surface area contributed by atoms with Gasteiger partial charge in [-0.3, -0.25) is 4.79 Å². The van der Waals surface area contributed by atoms with E-state index in [4.69, 9.17) is 23.6 Å². The van der Waals surface area contributed by atoms with Gasteiger partial charge in [-0.2, -0.15) is 9.78 Å². The number of methoxy groups -OCH3 is 2. The fraction of sp³-hybridized carbons (Fsp3) is 0.207. The molecule has 0 aliphatic carbocycles. The van der Waals surface area contributed by atoms with Crippen LogP contribution in [-0.4, -0.2) is 36.2 Å². The van der Waals surface area contributed by atoms with E-state index in [9.17, 15) is 4.79 Å². The van der Waals surface area contributed by atoms with Crippen molar-refractivity contribution >= 4 is 50.7 Å². The first-order chi connectivity index (χ1) is 18.4. The van der Waals surface area contributed by atoms with Crippen LogP contribution in [0.5, 0.6) is 17.2 Å². The maximum Gasteiger partial charge on any atom is 0.282 e. The molecule has 0 fully saturated rings. The Morgan fingerprint density at radius 3 is 2.61 bits per heavy atom. The zero-order valence-corrected chi connectivity index (χ0v) is 23.6. The van der Waals surface area contributed by atoms with Crippen LogP contribution in [-0.2, 0) is 0 Å². The molecule has 0 N–H and O–H groups in total. The van der Waals surface area contributed by atoms with Crippen LogP contribution in [0.25, 0.3) is 33.5 Å². The fourth-order valence-electron chi connectivity index (χ4n) is 4.05. The molecule has 2 heterocycles. The van der Waals surface area contributed by atoms with Crippen molar-refractivity contribution in [2.45, 2.75) is 26.4 Å². The quantitative estimate of drug-likeness (QED) is 0.145. The van der Waals surface area contributed by atoms with E-state index in [0.717, 1.165) is 20.9 Å². The van der Waals surface area contributed by atoms with E-state index < -0.39 is 0 Å². The molecule has 0 amide bonds. The van der Waals surface area contributed by atoms with Gasteiger partial charge in [-0.25, -0.2) is 4.98 Å². The largest absolute Gasteiger partial charge is 0.496 e. The van der Waals surface area contributed by atoms with Crippen molar-refractivity contribution in [2.24, 2.45) is 5.10 Å². The van der Waals surface area contributed by atoms with Crippen LogP contribution in [0.4, 0.5) is 0 Å². The van der Waals surface area contributed by atoms with Crippen molar-refractivity contribution in [3.8, 4) is 28.8 Å². The molecule has 1 atom stereocenters. The second kappa shape index (κ2) is 10.9. The van der Waals surface area contributed by atoms with Gasteiger partial charge in [0, 0.05) is 0 Å². The highest BCUT2D eigenvalue weighted by molar-refractivity contribution is 14.1. The number of nitrogens with zero attached hydrogens (tertiary/aromatic N) is 3. The normalized spacial score (nSPS) is 12.3. The number of hydrogen-bond acceptors (Lipinski definition) is 7. The molecule has 0 radical (unpaired) electrons. The van der Waals surface area contributed by atoms with Crippen molar-refractivity contribution in [3.05, 3.63) is 80.2 Å². The molecule has 2 aromatic heterocycles. The van der Waals surface area contributed by atoms with E-state index in [1.165, 1.54) is 4.68 Å². The Hall–Kier alpha value is -3.86. The molecular weight excluding hydrogens is 597 g/mol. The molecule has 0 saturated heterocycles. The summed E-state index contributed by atoms with van der Waals surface area (Å²) in [6.07, 6.45) is 2.52. The van der Waals surface area contributed by atoms with Crippen molar-refractivity contribution in [1.82, 2.24) is 9.66 Å². The van der Waals surface area contributed by atoms with E-state index in [2.05, 4.69) is 34.6 Å². The zero-order valence-electron chi connectivity index (χ0n) is 21.4. The van der Waals surface area contributed by atoms with Crippen LogP contribution in [0, 0.1) is 3.57 Å². The van der Waals surface area contributed by atoms with E-state index >= 15 is 0 Å². The number of rotatable bonds is 8. The number of furan rings is 1. The number of ether oxygens (including phenoxy) is 3. The maximum absolute atomic E-state index is 13.6. The van der Waals surface area contributed by atoms with Crippen molar-refractivity contribution in [1.29, 1.82) is 0 Å². The number of fused-ring (bicyclic) bond motifs is 2. The van der Waals surface area contributed by atoms with Crippen LogP contribution in [0.15, 0.2) is 75.0 Å². The van der Waals surface area contributed by atoms with Crippen LogP contribution in [0.3, 0.4) is 0 Å². The summed E-state index contributed by atoms with van der Waals surface area (Å²) in [4.78, 5) is 18.3. The molecule has 0 aliphatic rings. The predicted molar refractivity (Wildman–Crippen MR) is 157 cm³/mol. The number of halogens is 1. The molecule has 8 nitrogen and oxygen atoms in total. The van der Waals surface area contributed by atoms with Gasteiger partial charge in [0.2, 0.25) is 5.82 Å². The molecule has 5 aromatic rings. The number of para-hydroxylation sites is 1. The predicted octanol–water partition coefficient (Wildman–Crippen LogP) is 6.49. The molecule has 194 valence electrons. The Labute approximate surface area is 233 Å². The standard InChI is InChI=1S/C29H26IN3O5/c1-5-17(2)37-27-21(30)13-18(14-25(27)36-4)16-31-33-28(32-22-10-7-6-9-19(22)29(33)34)26-15-20-23(35-3)11-8-12-24(20)38-26/h6-17H,5H2,1-4H3/t17-/m0/s1. The monoisotopic (exact) mass is 623 g/mol. The minimum Gasteiger partial charge on any atom is -0.496 e. The van der Waals surface area contributed by atoms with Gasteiger partial charge >= 0.3 is 0 Å². The summed E-state index contributed by atoms with van der Waals surface area (Å²) in [5.74, 6) is 2.61. The second-order valence-electron chi connectivity index (χ2n) is 8.67. The Morgan fingerprint density at radius 2 is 1.84 bits per heavy atom. The van der Waals surface area contributed by atoms with Crippen LogP contribution < -0.4 is 19.8 Å². The minimum absolute atomic E-state index is 0.0455. The lowest BCUT2D eigenvalue weighted by molar-refractivity contribution is 0.206. The molecule has 3 aromatic carbocycles. The smallest absolute Gasteiger partial charge is 0.282 e. The molecular formula is C29H26IN3O5. The highest BCUT2D eigenvalue weighted by Gasteiger charge is 2.18. The van der Waals surface area contributed by atoms with Gasteiger partial charge in [0.1, 0.15) is 11.3 Å². The van der Waals surface area contributed by atoms with Crippen LogP contribution in [0.2, 0.25) is 0 Å². The first-order valence-electron chi connectivity index (χ1n) is 12.1. The molecule has 0 saturated carbocycles. The van der Waals surface area contributed by atoms with Crippen molar-refractivity contribution in [2.75, 3.05) is 14.2 Å². The molecule has 38 heavy (non-hydrogen) atoms. The first kappa shape index (κ1) is 25.8. The zero-order chi connectivity index (χ0) is 26.8. The Balaban J connectivity index is 1.65. The van der Waals surface area contributed by atoms with E-state index in [-0.39, 0.29) is 17.5 Å². The molecule has 5 rings (SSSR count).